The molecule has 0 spiro atoms. The maximum atomic E-state index is 11.2. The highest BCUT2D eigenvalue weighted by atomic mass is 16.6. The molecule has 1 aliphatic rings. The first kappa shape index (κ1) is 11.3. The molecule has 0 bridgehead atoms. The molecule has 2 rings (SSSR count). The van der Waals surface area contributed by atoms with Gasteiger partial charge in [0.1, 0.15) is 5.70 Å². The van der Waals surface area contributed by atoms with Crippen LogP contribution in [-0.2, 0) is 9.53 Å². The first-order chi connectivity index (χ1) is 8.24. The standard InChI is InChI=1S/C12H13NO4/c1-15-10-4-3-8(6-11(10)16-2)5-9-12(14)17-7-13-9/h3-6,13H,7H2,1-2H3/b9-5+. The molecule has 0 amide bonds. The van der Waals surface area contributed by atoms with Crippen LogP contribution in [0.5, 0.6) is 11.5 Å². The summed E-state index contributed by atoms with van der Waals surface area (Å²) >= 11 is 0. The molecule has 0 aliphatic carbocycles. The monoisotopic (exact) mass is 235 g/mol. The number of hydrogen-bond donors (Lipinski definition) is 1. The number of carbonyl (C=O) groups excluding carboxylic acids is 1. The molecule has 1 saturated heterocycles. The highest BCUT2D eigenvalue weighted by Gasteiger charge is 2.17. The van der Waals surface area contributed by atoms with Gasteiger partial charge in [-0.1, -0.05) is 6.07 Å². The lowest BCUT2D eigenvalue weighted by molar-refractivity contribution is -0.135. The number of benzene rings is 1. The van der Waals surface area contributed by atoms with Crippen molar-refractivity contribution < 1.29 is 19.0 Å². The topological polar surface area (TPSA) is 56.8 Å². The number of nitrogens with one attached hydrogen (secondary N) is 1. The number of hydrogen-bond acceptors (Lipinski definition) is 5. The third-order valence-electron chi connectivity index (χ3n) is 2.40. The molecule has 5 nitrogen and oxygen atoms in total. The van der Waals surface area contributed by atoms with E-state index in [9.17, 15) is 4.79 Å². The van der Waals surface area contributed by atoms with E-state index >= 15 is 0 Å². The van der Waals surface area contributed by atoms with Gasteiger partial charge in [-0.3, -0.25) is 0 Å². The summed E-state index contributed by atoms with van der Waals surface area (Å²) in [5.74, 6) is 0.921. The average Bonchev–Trinajstić information content (AvgIpc) is 2.75. The molecule has 1 aromatic carbocycles. The van der Waals surface area contributed by atoms with Gasteiger partial charge >= 0.3 is 5.97 Å². The summed E-state index contributed by atoms with van der Waals surface area (Å²) in [5.41, 5.74) is 1.28. The van der Waals surface area contributed by atoms with Crippen LogP contribution in [0.3, 0.4) is 0 Å². The van der Waals surface area contributed by atoms with Crippen molar-refractivity contribution in [1.29, 1.82) is 0 Å². The molecule has 0 aromatic heterocycles. The van der Waals surface area contributed by atoms with E-state index in [0.29, 0.717) is 17.2 Å². The number of esters is 1. The Morgan fingerprint density at radius 3 is 2.65 bits per heavy atom. The lowest BCUT2D eigenvalue weighted by Crippen LogP contribution is -2.06. The van der Waals surface area contributed by atoms with Crippen LogP contribution < -0.4 is 14.8 Å². The summed E-state index contributed by atoms with van der Waals surface area (Å²) in [6.07, 6.45) is 1.71. The van der Waals surface area contributed by atoms with Crippen molar-refractivity contribution in [3.8, 4) is 11.5 Å². The SMILES string of the molecule is COc1ccc(/C=C2/NCOC2=O)cc1OC. The van der Waals surface area contributed by atoms with Crippen LogP contribution in [0.25, 0.3) is 6.08 Å². The van der Waals surface area contributed by atoms with Crippen molar-refractivity contribution in [1.82, 2.24) is 5.32 Å². The second-order valence-corrected chi connectivity index (χ2v) is 3.43. The zero-order valence-corrected chi connectivity index (χ0v) is 9.65. The van der Waals surface area contributed by atoms with Crippen molar-refractivity contribution in [2.24, 2.45) is 0 Å². The zero-order chi connectivity index (χ0) is 12.3. The summed E-state index contributed by atoms with van der Waals surface area (Å²) in [6, 6.07) is 5.41. The predicted octanol–water partition coefficient (Wildman–Crippen LogP) is 1.15. The van der Waals surface area contributed by atoms with E-state index in [4.69, 9.17) is 14.2 Å². The van der Waals surface area contributed by atoms with Gasteiger partial charge in [0.2, 0.25) is 0 Å². The third kappa shape index (κ3) is 2.33. The molecule has 1 N–H and O–H groups in total. The smallest absolute Gasteiger partial charge is 0.356 e. The van der Waals surface area contributed by atoms with Crippen LogP contribution >= 0.6 is 0 Å². The molecular formula is C12H13NO4. The van der Waals surface area contributed by atoms with E-state index in [0.717, 1.165) is 5.56 Å². The molecule has 0 radical (unpaired) electrons. The van der Waals surface area contributed by atoms with Crippen LogP contribution in [0, 0.1) is 0 Å². The van der Waals surface area contributed by atoms with E-state index in [2.05, 4.69) is 5.32 Å². The fourth-order valence-electron chi connectivity index (χ4n) is 1.55. The van der Waals surface area contributed by atoms with E-state index in [1.54, 1.807) is 32.4 Å². The fraction of sp³-hybridized carbons (Fsp3) is 0.250. The van der Waals surface area contributed by atoms with Crippen LogP contribution in [0.15, 0.2) is 23.9 Å². The maximum Gasteiger partial charge on any atom is 0.356 e. The van der Waals surface area contributed by atoms with Crippen molar-refractivity contribution >= 4 is 12.0 Å². The van der Waals surface area contributed by atoms with Crippen LogP contribution in [0.1, 0.15) is 5.56 Å². The average molecular weight is 235 g/mol. The van der Waals surface area contributed by atoms with Crippen LogP contribution in [0.2, 0.25) is 0 Å². The Hall–Kier alpha value is -2.17. The van der Waals surface area contributed by atoms with Gasteiger partial charge in [0.05, 0.1) is 14.2 Å². The molecule has 1 aromatic rings. The number of methoxy groups -OCH3 is 2. The number of rotatable bonds is 3. The lowest BCUT2D eigenvalue weighted by Gasteiger charge is -2.07. The molecule has 0 saturated carbocycles. The third-order valence-corrected chi connectivity index (χ3v) is 2.40. The Balaban J connectivity index is 2.31. The fourth-order valence-corrected chi connectivity index (χ4v) is 1.55. The Labute approximate surface area is 99.0 Å². The Bertz CT molecular complexity index is 468. The summed E-state index contributed by atoms with van der Waals surface area (Å²) in [6.45, 7) is 0.220. The molecule has 5 heteroatoms. The minimum absolute atomic E-state index is 0.220. The van der Waals surface area contributed by atoms with Gasteiger partial charge in [0.15, 0.2) is 18.2 Å². The van der Waals surface area contributed by atoms with E-state index in [-0.39, 0.29) is 12.7 Å². The molecule has 1 fully saturated rings. The Morgan fingerprint density at radius 1 is 1.29 bits per heavy atom. The molecule has 1 heterocycles. The first-order valence-corrected chi connectivity index (χ1v) is 5.09. The van der Waals surface area contributed by atoms with Gasteiger partial charge in [0.25, 0.3) is 0 Å². The molecule has 0 unspecified atom stereocenters. The van der Waals surface area contributed by atoms with Gasteiger partial charge in [0, 0.05) is 0 Å². The predicted molar refractivity (Wildman–Crippen MR) is 61.6 cm³/mol. The first-order valence-electron chi connectivity index (χ1n) is 5.09. The van der Waals surface area contributed by atoms with Crippen LogP contribution in [-0.4, -0.2) is 26.9 Å². The molecular weight excluding hydrogens is 222 g/mol. The molecule has 90 valence electrons. The summed E-state index contributed by atoms with van der Waals surface area (Å²) in [5, 5.41) is 2.84. The van der Waals surface area contributed by atoms with Crippen molar-refractivity contribution in [3.05, 3.63) is 29.5 Å². The number of carbonyl (C=O) groups is 1. The highest BCUT2D eigenvalue weighted by Crippen LogP contribution is 2.28. The highest BCUT2D eigenvalue weighted by molar-refractivity contribution is 5.94. The van der Waals surface area contributed by atoms with E-state index in [1.807, 2.05) is 6.07 Å². The number of cyclic esters (lactones) is 1. The Kier molecular flexibility index (Phi) is 3.18. The number of ether oxygens (including phenoxy) is 3. The lowest BCUT2D eigenvalue weighted by atomic mass is 10.1. The maximum absolute atomic E-state index is 11.2. The largest absolute Gasteiger partial charge is 0.493 e. The van der Waals surface area contributed by atoms with Gasteiger partial charge in [-0.2, -0.15) is 0 Å². The molecule has 17 heavy (non-hydrogen) atoms. The van der Waals surface area contributed by atoms with Gasteiger partial charge in [-0.15, -0.1) is 0 Å². The van der Waals surface area contributed by atoms with Gasteiger partial charge in [-0.05, 0) is 23.8 Å². The summed E-state index contributed by atoms with van der Waals surface area (Å²) < 4.78 is 15.1. The van der Waals surface area contributed by atoms with E-state index < -0.39 is 0 Å². The quantitative estimate of drug-likeness (QED) is 0.629. The van der Waals surface area contributed by atoms with Crippen LogP contribution in [0.4, 0.5) is 0 Å². The van der Waals surface area contributed by atoms with Gasteiger partial charge in [-0.25, -0.2) is 4.79 Å². The summed E-state index contributed by atoms with van der Waals surface area (Å²) in [7, 11) is 3.14. The zero-order valence-electron chi connectivity index (χ0n) is 9.65. The molecule has 1 aliphatic heterocycles. The minimum atomic E-state index is -0.347. The second kappa shape index (κ2) is 4.78. The van der Waals surface area contributed by atoms with Gasteiger partial charge < -0.3 is 19.5 Å². The van der Waals surface area contributed by atoms with Crippen molar-refractivity contribution in [3.63, 3.8) is 0 Å². The Morgan fingerprint density at radius 2 is 2.06 bits per heavy atom. The van der Waals surface area contributed by atoms with E-state index in [1.165, 1.54) is 0 Å². The normalized spacial score (nSPS) is 16.6. The summed E-state index contributed by atoms with van der Waals surface area (Å²) in [4.78, 5) is 11.2. The van der Waals surface area contributed by atoms with Crippen molar-refractivity contribution in [2.75, 3.05) is 21.0 Å². The second-order valence-electron chi connectivity index (χ2n) is 3.43. The molecule has 0 atom stereocenters. The van der Waals surface area contributed by atoms with Crippen molar-refractivity contribution in [2.45, 2.75) is 0 Å². The minimum Gasteiger partial charge on any atom is -0.493 e.